The predicted octanol–water partition coefficient (Wildman–Crippen LogP) is 2.97. The summed E-state index contributed by atoms with van der Waals surface area (Å²) in [5.41, 5.74) is 8.76. The van der Waals surface area contributed by atoms with Crippen LogP contribution in [-0.4, -0.2) is 10.9 Å². The van der Waals surface area contributed by atoms with Crippen molar-refractivity contribution in [3.8, 4) is 0 Å². The van der Waals surface area contributed by atoms with Crippen molar-refractivity contribution in [2.45, 2.75) is 33.0 Å². The van der Waals surface area contributed by atoms with Gasteiger partial charge < -0.3 is 10.6 Å². The van der Waals surface area contributed by atoms with Crippen molar-refractivity contribution in [3.63, 3.8) is 0 Å². The highest BCUT2D eigenvalue weighted by Gasteiger charge is 2.24. The van der Waals surface area contributed by atoms with Crippen LogP contribution in [0.15, 0.2) is 30.5 Å². The summed E-state index contributed by atoms with van der Waals surface area (Å²) >= 11 is 0. The fourth-order valence-electron chi connectivity index (χ4n) is 2.09. The largest absolute Gasteiger partial charge is 0.355 e. The van der Waals surface area contributed by atoms with Crippen LogP contribution in [0.5, 0.6) is 0 Å². The molecule has 0 fully saturated rings. The molecule has 0 radical (unpaired) electrons. The first-order chi connectivity index (χ1) is 7.61. The minimum absolute atomic E-state index is 0.0152. The van der Waals surface area contributed by atoms with Crippen LogP contribution < -0.4 is 5.73 Å². The Bertz CT molecular complexity index is 395. The van der Waals surface area contributed by atoms with E-state index in [2.05, 4.69) is 62.2 Å². The zero-order chi connectivity index (χ0) is 11.7. The van der Waals surface area contributed by atoms with Gasteiger partial charge in [-0.05, 0) is 30.0 Å². The highest BCUT2D eigenvalue weighted by molar-refractivity contribution is 5.56. The molecular weight excluding hydrogens is 196 g/mol. The number of nitrogens with zero attached hydrogens (tertiary/aromatic N) is 1. The molecule has 0 bridgehead atoms. The lowest BCUT2D eigenvalue weighted by atomic mass is 9.97. The van der Waals surface area contributed by atoms with Crippen molar-refractivity contribution in [2.24, 2.45) is 11.7 Å². The summed E-state index contributed by atoms with van der Waals surface area (Å²) in [6.07, 6.45) is 4.26. The lowest BCUT2D eigenvalue weighted by molar-refractivity contribution is 0.178. The quantitative estimate of drug-likeness (QED) is 0.823. The van der Waals surface area contributed by atoms with E-state index in [-0.39, 0.29) is 6.17 Å². The van der Waals surface area contributed by atoms with Gasteiger partial charge in [0.15, 0.2) is 0 Å². The van der Waals surface area contributed by atoms with E-state index in [1.807, 2.05) is 0 Å². The van der Waals surface area contributed by atoms with Crippen LogP contribution >= 0.6 is 0 Å². The number of hydrogen-bond acceptors (Lipinski definition) is 2. The van der Waals surface area contributed by atoms with E-state index >= 15 is 0 Å². The topological polar surface area (TPSA) is 29.3 Å². The molecule has 2 atom stereocenters. The van der Waals surface area contributed by atoms with Crippen molar-refractivity contribution >= 4 is 6.08 Å². The summed E-state index contributed by atoms with van der Waals surface area (Å²) < 4.78 is 0. The molecule has 2 heteroatoms. The molecule has 2 nitrogen and oxygen atoms in total. The predicted molar refractivity (Wildman–Crippen MR) is 68.5 cm³/mol. The molecule has 0 amide bonds. The van der Waals surface area contributed by atoms with Crippen LogP contribution in [-0.2, 0) is 0 Å². The van der Waals surface area contributed by atoms with Crippen LogP contribution in [0.2, 0.25) is 0 Å². The van der Waals surface area contributed by atoms with E-state index in [1.54, 1.807) is 0 Å². The molecule has 2 N–H and O–H groups in total. The Hall–Kier alpha value is -1.28. The lowest BCUT2D eigenvalue weighted by Crippen LogP contribution is -2.41. The maximum Gasteiger partial charge on any atom is 0.104 e. The molecule has 0 saturated carbocycles. The Labute approximate surface area is 97.8 Å². The Balaban J connectivity index is 2.31. The van der Waals surface area contributed by atoms with Crippen molar-refractivity contribution in [1.82, 2.24) is 4.90 Å². The van der Waals surface area contributed by atoms with Gasteiger partial charge >= 0.3 is 0 Å². The van der Waals surface area contributed by atoms with Gasteiger partial charge in [-0.25, -0.2) is 0 Å². The van der Waals surface area contributed by atoms with Gasteiger partial charge in [-0.15, -0.1) is 0 Å². The SMILES string of the molecule is CC(C)C(C)N1C=Cc2ccccc2C1N. The van der Waals surface area contributed by atoms with E-state index < -0.39 is 0 Å². The molecule has 0 aliphatic carbocycles. The summed E-state index contributed by atoms with van der Waals surface area (Å²) in [4.78, 5) is 2.24. The highest BCUT2D eigenvalue weighted by Crippen LogP contribution is 2.29. The van der Waals surface area contributed by atoms with Crippen molar-refractivity contribution in [3.05, 3.63) is 41.6 Å². The van der Waals surface area contributed by atoms with Gasteiger partial charge in [0.05, 0.1) is 0 Å². The molecule has 0 aromatic heterocycles. The van der Waals surface area contributed by atoms with E-state index in [4.69, 9.17) is 5.73 Å². The van der Waals surface area contributed by atoms with Gasteiger partial charge in [-0.2, -0.15) is 0 Å². The number of fused-ring (bicyclic) bond motifs is 1. The van der Waals surface area contributed by atoms with Crippen molar-refractivity contribution < 1.29 is 0 Å². The molecule has 2 unspecified atom stereocenters. The summed E-state index contributed by atoms with van der Waals surface area (Å²) in [5.74, 6) is 0.598. The van der Waals surface area contributed by atoms with E-state index in [1.165, 1.54) is 11.1 Å². The third-order valence-corrected chi connectivity index (χ3v) is 3.50. The van der Waals surface area contributed by atoms with Gasteiger partial charge in [-0.3, -0.25) is 0 Å². The van der Waals surface area contributed by atoms with Gasteiger partial charge in [-0.1, -0.05) is 38.1 Å². The fraction of sp³-hybridized carbons (Fsp3) is 0.429. The number of hydrogen-bond donors (Lipinski definition) is 1. The first-order valence-corrected chi connectivity index (χ1v) is 5.91. The molecule has 16 heavy (non-hydrogen) atoms. The van der Waals surface area contributed by atoms with E-state index in [9.17, 15) is 0 Å². The van der Waals surface area contributed by atoms with Crippen LogP contribution in [0.1, 0.15) is 38.1 Å². The van der Waals surface area contributed by atoms with Gasteiger partial charge in [0.1, 0.15) is 6.17 Å². The first-order valence-electron chi connectivity index (χ1n) is 5.91. The van der Waals surface area contributed by atoms with Gasteiger partial charge in [0, 0.05) is 12.2 Å². The highest BCUT2D eigenvalue weighted by atomic mass is 15.2. The van der Waals surface area contributed by atoms with Crippen molar-refractivity contribution in [2.75, 3.05) is 0 Å². The molecule has 86 valence electrons. The van der Waals surface area contributed by atoms with Gasteiger partial charge in [0.25, 0.3) is 0 Å². The molecule has 0 spiro atoms. The smallest absolute Gasteiger partial charge is 0.104 e. The molecule has 0 saturated heterocycles. The van der Waals surface area contributed by atoms with Crippen molar-refractivity contribution in [1.29, 1.82) is 0 Å². The minimum atomic E-state index is -0.0152. The van der Waals surface area contributed by atoms with E-state index in [0.717, 1.165) is 0 Å². The second-order valence-corrected chi connectivity index (χ2v) is 4.82. The standard InChI is InChI=1S/C14H20N2/c1-10(2)11(3)16-9-8-12-6-4-5-7-13(12)14(16)15/h4-11,14H,15H2,1-3H3. The molecule has 1 aromatic rings. The van der Waals surface area contributed by atoms with Crippen LogP contribution in [0, 0.1) is 5.92 Å². The Morgan fingerprint density at radius 3 is 2.56 bits per heavy atom. The summed E-state index contributed by atoms with van der Waals surface area (Å²) in [5, 5.41) is 0. The first kappa shape index (κ1) is 11.2. The Morgan fingerprint density at radius 2 is 1.88 bits per heavy atom. The summed E-state index contributed by atoms with van der Waals surface area (Å²) in [6, 6.07) is 8.79. The minimum Gasteiger partial charge on any atom is -0.355 e. The number of nitrogens with two attached hydrogens (primary N) is 1. The normalized spacial score (nSPS) is 21.1. The van der Waals surface area contributed by atoms with Crippen LogP contribution in [0.4, 0.5) is 0 Å². The molecular formula is C14H20N2. The second-order valence-electron chi connectivity index (χ2n) is 4.82. The number of benzene rings is 1. The maximum atomic E-state index is 6.30. The fourth-order valence-corrected chi connectivity index (χ4v) is 2.09. The summed E-state index contributed by atoms with van der Waals surface area (Å²) in [6.45, 7) is 6.68. The molecule has 1 aromatic carbocycles. The zero-order valence-corrected chi connectivity index (χ0v) is 10.2. The van der Waals surface area contributed by atoms with E-state index in [0.29, 0.717) is 12.0 Å². The molecule has 1 aliphatic rings. The van der Waals surface area contributed by atoms with Crippen LogP contribution in [0.3, 0.4) is 0 Å². The number of rotatable bonds is 2. The zero-order valence-electron chi connectivity index (χ0n) is 10.2. The lowest BCUT2D eigenvalue weighted by Gasteiger charge is -2.38. The molecule has 1 heterocycles. The molecule has 2 rings (SSSR count). The molecule has 1 aliphatic heterocycles. The van der Waals surface area contributed by atoms with Gasteiger partial charge in [0.2, 0.25) is 0 Å². The Morgan fingerprint density at radius 1 is 1.19 bits per heavy atom. The third kappa shape index (κ3) is 1.85. The third-order valence-electron chi connectivity index (χ3n) is 3.50. The summed E-state index contributed by atoms with van der Waals surface area (Å²) in [7, 11) is 0. The van der Waals surface area contributed by atoms with Crippen LogP contribution in [0.25, 0.3) is 6.08 Å². The average molecular weight is 216 g/mol. The average Bonchev–Trinajstić information content (AvgIpc) is 2.29. The second kappa shape index (κ2) is 4.30. The Kier molecular flexibility index (Phi) is 3.01. The monoisotopic (exact) mass is 216 g/mol. The maximum absolute atomic E-state index is 6.30.